The second kappa shape index (κ2) is 13.5. The van der Waals surface area contributed by atoms with Gasteiger partial charge < -0.3 is 16.0 Å². The van der Waals surface area contributed by atoms with Crippen LogP contribution < -0.4 is 37.7 Å². The summed E-state index contributed by atoms with van der Waals surface area (Å²) in [6, 6.07) is 13.7. The minimum atomic E-state index is -0.371. The van der Waals surface area contributed by atoms with Gasteiger partial charge in [0.2, 0.25) is 0 Å². The van der Waals surface area contributed by atoms with Crippen molar-refractivity contribution in [2.45, 2.75) is 0 Å². The van der Waals surface area contributed by atoms with Crippen LogP contribution >= 0.6 is 24.4 Å². The number of thiocarbonyl (C=S) groups is 2. The summed E-state index contributed by atoms with van der Waals surface area (Å²) in [4.78, 5) is 24.8. The highest BCUT2D eigenvalue weighted by atomic mass is 32.1. The molecule has 2 rings (SSSR count). The zero-order valence-corrected chi connectivity index (χ0v) is 19.4. The summed E-state index contributed by atoms with van der Waals surface area (Å²) in [5, 5.41) is 9.42. The number of para-hydroxylation sites is 1. The molecule has 0 radical (unpaired) electrons. The first-order valence-electron chi connectivity index (χ1n) is 9.81. The van der Waals surface area contributed by atoms with Crippen molar-refractivity contribution < 1.29 is 9.59 Å². The first kappa shape index (κ1) is 25.3. The van der Waals surface area contributed by atoms with E-state index in [0.29, 0.717) is 35.6 Å². The first-order valence-corrected chi connectivity index (χ1v) is 10.6. The van der Waals surface area contributed by atoms with Crippen molar-refractivity contribution in [1.82, 2.24) is 32.3 Å². The van der Waals surface area contributed by atoms with Crippen molar-refractivity contribution >= 4 is 57.8 Å². The molecule has 0 saturated heterocycles. The predicted octanol–water partition coefficient (Wildman–Crippen LogP) is 2.02. The summed E-state index contributed by atoms with van der Waals surface area (Å²) in [7, 11) is 0. The number of rotatable bonds is 8. The fourth-order valence-electron chi connectivity index (χ4n) is 2.44. The molecule has 2 aromatic carbocycles. The van der Waals surface area contributed by atoms with Gasteiger partial charge in [-0.2, -0.15) is 0 Å². The Hall–Kier alpha value is -3.96. The molecular formula is C22H25N7O2S2. The van der Waals surface area contributed by atoms with Crippen LogP contribution in [0.3, 0.4) is 0 Å². The van der Waals surface area contributed by atoms with E-state index in [1.165, 1.54) is 0 Å². The minimum Gasteiger partial charge on any atom is -0.358 e. The van der Waals surface area contributed by atoms with E-state index in [1.54, 1.807) is 60.7 Å². The maximum Gasteiger partial charge on any atom is 0.271 e. The van der Waals surface area contributed by atoms with Gasteiger partial charge >= 0.3 is 0 Å². The third kappa shape index (κ3) is 8.59. The molecule has 2 amide bonds. The van der Waals surface area contributed by atoms with Gasteiger partial charge in [-0.3, -0.25) is 31.3 Å². The molecule has 0 aliphatic heterocycles. The Bertz CT molecular complexity index is 1030. The minimum absolute atomic E-state index is 0.272. The molecule has 172 valence electrons. The lowest BCUT2D eigenvalue weighted by Gasteiger charge is -2.14. The summed E-state index contributed by atoms with van der Waals surface area (Å²) in [6.45, 7) is 8.12. The van der Waals surface area contributed by atoms with Crippen molar-refractivity contribution in [2.24, 2.45) is 0 Å². The van der Waals surface area contributed by atoms with Crippen molar-refractivity contribution in [2.75, 3.05) is 18.4 Å². The van der Waals surface area contributed by atoms with Crippen LogP contribution in [0.15, 0.2) is 73.8 Å². The van der Waals surface area contributed by atoms with Gasteiger partial charge in [-0.05, 0) is 60.8 Å². The topological polar surface area (TPSA) is 118 Å². The molecule has 9 nitrogen and oxygen atoms in total. The molecule has 0 saturated carbocycles. The highest BCUT2D eigenvalue weighted by Gasteiger charge is 2.12. The van der Waals surface area contributed by atoms with E-state index in [-0.39, 0.29) is 22.0 Å². The Kier molecular flexibility index (Phi) is 10.3. The number of amides is 2. The molecule has 2 aromatic rings. The van der Waals surface area contributed by atoms with Gasteiger partial charge in [0.1, 0.15) is 0 Å². The molecule has 0 unspecified atom stereocenters. The van der Waals surface area contributed by atoms with Crippen LogP contribution in [-0.4, -0.2) is 35.1 Å². The highest BCUT2D eigenvalue weighted by Crippen LogP contribution is 2.21. The van der Waals surface area contributed by atoms with Crippen molar-refractivity contribution in [1.29, 1.82) is 0 Å². The van der Waals surface area contributed by atoms with Crippen LogP contribution in [-0.2, 0) is 0 Å². The molecule has 0 bridgehead atoms. The Balaban J connectivity index is 1.97. The summed E-state index contributed by atoms with van der Waals surface area (Å²) >= 11 is 10.1. The molecular weight excluding hydrogens is 458 g/mol. The summed E-state index contributed by atoms with van der Waals surface area (Å²) in [5.41, 5.74) is 12.4. The molecule has 0 aromatic heterocycles. The second-order valence-corrected chi connectivity index (χ2v) is 7.22. The molecule has 0 fully saturated rings. The molecule has 33 heavy (non-hydrogen) atoms. The van der Waals surface area contributed by atoms with Gasteiger partial charge in [0.15, 0.2) is 10.2 Å². The van der Waals surface area contributed by atoms with E-state index >= 15 is 0 Å². The van der Waals surface area contributed by atoms with Crippen LogP contribution in [0.1, 0.15) is 20.7 Å². The maximum absolute atomic E-state index is 12.6. The van der Waals surface area contributed by atoms with E-state index in [4.69, 9.17) is 24.4 Å². The Morgan fingerprint density at radius 2 is 1.30 bits per heavy atom. The number of hydrogen-bond acceptors (Lipinski definition) is 5. The summed E-state index contributed by atoms with van der Waals surface area (Å²) in [5.74, 6) is -0.722. The van der Waals surface area contributed by atoms with Crippen LogP contribution in [0, 0.1) is 0 Å². The Morgan fingerprint density at radius 1 is 0.758 bits per heavy atom. The quantitative estimate of drug-likeness (QED) is 0.172. The normalized spacial score (nSPS) is 9.58. The number of hydrogen-bond donors (Lipinski definition) is 7. The van der Waals surface area contributed by atoms with Crippen LogP contribution in [0.25, 0.3) is 0 Å². The number of benzene rings is 2. The summed E-state index contributed by atoms with van der Waals surface area (Å²) in [6.07, 6.45) is 3.30. The fraction of sp³-hybridized carbons (Fsp3) is 0.0909. The lowest BCUT2D eigenvalue weighted by Crippen LogP contribution is -2.46. The number of nitrogens with one attached hydrogen (secondary N) is 7. The molecule has 0 spiro atoms. The average molecular weight is 484 g/mol. The van der Waals surface area contributed by atoms with E-state index in [0.717, 1.165) is 0 Å². The van der Waals surface area contributed by atoms with Gasteiger partial charge in [-0.15, -0.1) is 13.2 Å². The molecule has 11 heteroatoms. The van der Waals surface area contributed by atoms with E-state index in [2.05, 4.69) is 50.8 Å². The monoisotopic (exact) mass is 483 g/mol. The van der Waals surface area contributed by atoms with Gasteiger partial charge in [-0.25, -0.2) is 0 Å². The lowest BCUT2D eigenvalue weighted by atomic mass is 10.1. The zero-order chi connectivity index (χ0) is 24.1. The standard InChI is InChI=1S/C22H25N7O2S2/c1-3-13-23-21(32)28-26-19(30)15-9-11-16(12-10-15)25-18-8-6-5-7-17(18)20(31)27-29-22(33)24-14-4-2/h3-12,25H,1-2,13-14H2,(H,26,30)(H,27,31)(H2,23,28,32)(H2,24,29,33). The Morgan fingerprint density at radius 3 is 1.88 bits per heavy atom. The van der Waals surface area contributed by atoms with Crippen molar-refractivity contribution in [3.63, 3.8) is 0 Å². The zero-order valence-electron chi connectivity index (χ0n) is 17.7. The third-order valence-electron chi connectivity index (χ3n) is 3.99. The fourth-order valence-corrected chi connectivity index (χ4v) is 2.70. The van der Waals surface area contributed by atoms with Gasteiger partial charge in [0, 0.05) is 24.3 Å². The van der Waals surface area contributed by atoms with Gasteiger partial charge in [0.25, 0.3) is 11.8 Å². The molecule has 0 heterocycles. The average Bonchev–Trinajstić information content (AvgIpc) is 2.84. The van der Waals surface area contributed by atoms with Crippen molar-refractivity contribution in [3.05, 3.63) is 85.0 Å². The smallest absolute Gasteiger partial charge is 0.271 e. The van der Waals surface area contributed by atoms with Crippen LogP contribution in [0.4, 0.5) is 11.4 Å². The van der Waals surface area contributed by atoms with Crippen LogP contribution in [0.5, 0.6) is 0 Å². The van der Waals surface area contributed by atoms with Gasteiger partial charge in [-0.1, -0.05) is 24.3 Å². The first-order chi connectivity index (χ1) is 15.9. The highest BCUT2D eigenvalue weighted by molar-refractivity contribution is 7.80. The SMILES string of the molecule is C=CCNC(=S)NNC(=O)c1ccc(Nc2ccccc2C(=O)NNC(=S)NCC=C)cc1. The largest absolute Gasteiger partial charge is 0.358 e. The molecule has 0 aliphatic rings. The Labute approximate surface area is 203 Å². The predicted molar refractivity (Wildman–Crippen MR) is 139 cm³/mol. The van der Waals surface area contributed by atoms with E-state index < -0.39 is 0 Å². The maximum atomic E-state index is 12.6. The number of hydrazine groups is 2. The number of carbonyl (C=O) groups excluding carboxylic acids is 2. The second-order valence-electron chi connectivity index (χ2n) is 6.40. The lowest BCUT2D eigenvalue weighted by molar-refractivity contribution is 0.0936. The summed E-state index contributed by atoms with van der Waals surface area (Å²) < 4.78 is 0. The van der Waals surface area contributed by atoms with Crippen molar-refractivity contribution in [3.8, 4) is 0 Å². The van der Waals surface area contributed by atoms with Gasteiger partial charge in [0.05, 0.1) is 11.3 Å². The molecule has 7 N–H and O–H groups in total. The van der Waals surface area contributed by atoms with E-state index in [9.17, 15) is 9.59 Å². The number of carbonyl (C=O) groups is 2. The third-order valence-corrected chi connectivity index (χ3v) is 4.48. The van der Waals surface area contributed by atoms with Crippen LogP contribution in [0.2, 0.25) is 0 Å². The molecule has 0 aliphatic carbocycles. The van der Waals surface area contributed by atoms with E-state index in [1.807, 2.05) is 0 Å². The number of anilines is 2. The molecule has 0 atom stereocenters.